The Labute approximate surface area is 138 Å². The fourth-order valence-corrected chi connectivity index (χ4v) is 3.52. The minimum atomic E-state index is -0.630. The van der Waals surface area contributed by atoms with Crippen molar-refractivity contribution in [2.45, 2.75) is 104 Å². The zero-order valence-corrected chi connectivity index (χ0v) is 15.0. The minimum Gasteiger partial charge on any atom is -0.481 e. The van der Waals surface area contributed by atoms with Gasteiger partial charge in [0.15, 0.2) is 0 Å². The van der Waals surface area contributed by atoms with Crippen LogP contribution in [0.1, 0.15) is 104 Å². The third-order valence-electron chi connectivity index (χ3n) is 5.15. The van der Waals surface area contributed by atoms with Crippen molar-refractivity contribution in [3.63, 3.8) is 0 Å². The molecule has 2 atom stereocenters. The van der Waals surface area contributed by atoms with Gasteiger partial charge in [-0.2, -0.15) is 0 Å². The van der Waals surface area contributed by atoms with Gasteiger partial charge in [0.1, 0.15) is 0 Å². The first-order valence-corrected chi connectivity index (χ1v) is 9.81. The van der Waals surface area contributed by atoms with E-state index in [0.717, 1.165) is 24.2 Å². The Hall–Kier alpha value is -0.530. The number of carbonyl (C=O) groups is 1. The Bertz CT molecular complexity index is 285. The fourth-order valence-electron chi connectivity index (χ4n) is 3.52. The normalized spacial score (nSPS) is 20.5. The number of carboxylic acids is 1. The largest absolute Gasteiger partial charge is 0.481 e. The third kappa shape index (κ3) is 11.1. The Morgan fingerprint density at radius 3 is 1.91 bits per heavy atom. The number of aliphatic carboxylic acids is 1. The van der Waals surface area contributed by atoms with Gasteiger partial charge in [0.25, 0.3) is 0 Å². The Kier molecular flexibility index (Phi) is 10.6. The van der Waals surface area contributed by atoms with E-state index in [4.69, 9.17) is 5.11 Å². The number of rotatable bonds is 15. The van der Waals surface area contributed by atoms with Gasteiger partial charge in [0, 0.05) is 6.42 Å². The summed E-state index contributed by atoms with van der Waals surface area (Å²) in [5, 5.41) is 8.67. The van der Waals surface area contributed by atoms with Crippen LogP contribution < -0.4 is 0 Å². The molecule has 1 aliphatic carbocycles. The van der Waals surface area contributed by atoms with Crippen molar-refractivity contribution in [2.75, 3.05) is 0 Å². The molecule has 0 saturated heterocycles. The van der Waals surface area contributed by atoms with E-state index < -0.39 is 5.97 Å². The first-order valence-electron chi connectivity index (χ1n) is 9.81. The van der Waals surface area contributed by atoms with E-state index in [0.29, 0.717) is 6.42 Å². The average Bonchev–Trinajstić information content (AvgIpc) is 3.20. The molecule has 0 bridgehead atoms. The summed E-state index contributed by atoms with van der Waals surface area (Å²) in [4.78, 5) is 10.5. The molecule has 0 aromatic carbocycles. The second kappa shape index (κ2) is 12.0. The van der Waals surface area contributed by atoms with Gasteiger partial charge in [0.05, 0.1) is 0 Å². The van der Waals surface area contributed by atoms with E-state index >= 15 is 0 Å². The molecule has 1 rings (SSSR count). The molecule has 0 aliphatic heterocycles. The van der Waals surface area contributed by atoms with E-state index in [-0.39, 0.29) is 0 Å². The van der Waals surface area contributed by atoms with E-state index in [1.807, 2.05) is 0 Å². The lowest BCUT2D eigenvalue weighted by atomic mass is 10.0. The maximum absolute atomic E-state index is 10.5. The van der Waals surface area contributed by atoms with Gasteiger partial charge < -0.3 is 5.11 Å². The quantitative estimate of drug-likeness (QED) is 0.354. The van der Waals surface area contributed by atoms with Gasteiger partial charge in [-0.05, 0) is 30.6 Å². The number of hydrogen-bond acceptors (Lipinski definition) is 1. The molecule has 2 unspecified atom stereocenters. The molecule has 130 valence electrons. The highest BCUT2D eigenvalue weighted by Gasteiger charge is 2.35. The molecule has 22 heavy (non-hydrogen) atoms. The average molecular weight is 311 g/mol. The lowest BCUT2D eigenvalue weighted by Crippen LogP contribution is -1.95. The van der Waals surface area contributed by atoms with Crippen molar-refractivity contribution in [3.8, 4) is 0 Å². The summed E-state index contributed by atoms with van der Waals surface area (Å²) in [5.74, 6) is 1.84. The summed E-state index contributed by atoms with van der Waals surface area (Å²) < 4.78 is 0. The zero-order valence-electron chi connectivity index (χ0n) is 15.0. The lowest BCUT2D eigenvalue weighted by molar-refractivity contribution is -0.137. The van der Waals surface area contributed by atoms with Crippen LogP contribution >= 0.6 is 0 Å². The Morgan fingerprint density at radius 1 is 0.864 bits per heavy atom. The summed E-state index contributed by atoms with van der Waals surface area (Å²) in [5.41, 5.74) is 0. The molecule has 0 aromatic heterocycles. The van der Waals surface area contributed by atoms with Crippen molar-refractivity contribution in [1.82, 2.24) is 0 Å². The van der Waals surface area contributed by atoms with Crippen molar-refractivity contribution >= 4 is 5.97 Å². The van der Waals surface area contributed by atoms with Gasteiger partial charge in [-0.15, -0.1) is 0 Å². The molecule has 2 nitrogen and oxygen atoms in total. The van der Waals surface area contributed by atoms with Gasteiger partial charge >= 0.3 is 5.97 Å². The van der Waals surface area contributed by atoms with E-state index in [9.17, 15) is 4.79 Å². The Morgan fingerprint density at radius 2 is 1.36 bits per heavy atom. The van der Waals surface area contributed by atoms with Crippen LogP contribution in [0.15, 0.2) is 0 Å². The van der Waals surface area contributed by atoms with Crippen molar-refractivity contribution in [2.24, 2.45) is 17.8 Å². The van der Waals surface area contributed by atoms with E-state index in [1.165, 1.54) is 77.0 Å². The predicted molar refractivity (Wildman–Crippen MR) is 94.1 cm³/mol. The van der Waals surface area contributed by atoms with Crippen molar-refractivity contribution < 1.29 is 9.90 Å². The van der Waals surface area contributed by atoms with Crippen LogP contribution in [0, 0.1) is 17.8 Å². The van der Waals surface area contributed by atoms with Crippen LogP contribution in [-0.2, 0) is 4.79 Å². The predicted octanol–water partition coefficient (Wildman–Crippen LogP) is 6.43. The van der Waals surface area contributed by atoms with Gasteiger partial charge in [-0.1, -0.05) is 84.5 Å². The van der Waals surface area contributed by atoms with Gasteiger partial charge in [0.2, 0.25) is 0 Å². The minimum absolute atomic E-state index is 0.373. The first kappa shape index (κ1) is 19.5. The van der Waals surface area contributed by atoms with Crippen LogP contribution in [0.4, 0.5) is 0 Å². The molecule has 0 radical (unpaired) electrons. The number of unbranched alkanes of at least 4 members (excludes halogenated alkanes) is 8. The third-order valence-corrected chi connectivity index (χ3v) is 5.15. The molecule has 0 aromatic rings. The van der Waals surface area contributed by atoms with Crippen LogP contribution in [0.25, 0.3) is 0 Å². The summed E-state index contributed by atoms with van der Waals surface area (Å²) in [6, 6.07) is 0. The smallest absolute Gasteiger partial charge is 0.303 e. The number of carboxylic acid groups (broad SMARTS) is 1. The van der Waals surface area contributed by atoms with Crippen LogP contribution in [0.5, 0.6) is 0 Å². The highest BCUT2D eigenvalue weighted by atomic mass is 16.4. The highest BCUT2D eigenvalue weighted by Crippen LogP contribution is 2.45. The topological polar surface area (TPSA) is 37.3 Å². The standard InChI is InChI=1S/C20H38O2/c1-17(2)12-10-8-6-4-3-5-7-9-11-13-18-16-19(18)14-15-20(21)22/h17-19H,3-16H2,1-2H3,(H,21,22). The van der Waals surface area contributed by atoms with Gasteiger partial charge in [-0.3, -0.25) is 4.79 Å². The zero-order chi connectivity index (χ0) is 16.2. The molecular formula is C20H38O2. The van der Waals surface area contributed by atoms with Crippen LogP contribution in [-0.4, -0.2) is 11.1 Å². The molecule has 0 amide bonds. The van der Waals surface area contributed by atoms with Crippen LogP contribution in [0.3, 0.4) is 0 Å². The van der Waals surface area contributed by atoms with E-state index in [1.54, 1.807) is 0 Å². The van der Waals surface area contributed by atoms with Gasteiger partial charge in [-0.25, -0.2) is 0 Å². The van der Waals surface area contributed by atoms with Crippen molar-refractivity contribution in [3.05, 3.63) is 0 Å². The molecule has 0 spiro atoms. The molecule has 0 heterocycles. The molecule has 1 fully saturated rings. The molecule has 1 N–H and O–H groups in total. The van der Waals surface area contributed by atoms with Crippen molar-refractivity contribution in [1.29, 1.82) is 0 Å². The lowest BCUT2D eigenvalue weighted by Gasteiger charge is -2.04. The summed E-state index contributed by atoms with van der Waals surface area (Å²) in [6.07, 6.45) is 18.0. The molecule has 1 aliphatic rings. The van der Waals surface area contributed by atoms with E-state index in [2.05, 4.69) is 13.8 Å². The monoisotopic (exact) mass is 310 g/mol. The SMILES string of the molecule is CC(C)CCCCCCCCCCCC1CC1CCC(=O)O. The Balaban J connectivity index is 1.73. The summed E-state index contributed by atoms with van der Waals surface area (Å²) in [6.45, 7) is 4.63. The molecular weight excluding hydrogens is 272 g/mol. The van der Waals surface area contributed by atoms with Crippen LogP contribution in [0.2, 0.25) is 0 Å². The highest BCUT2D eigenvalue weighted by molar-refractivity contribution is 5.66. The summed E-state index contributed by atoms with van der Waals surface area (Å²) >= 11 is 0. The second-order valence-corrected chi connectivity index (χ2v) is 7.84. The summed E-state index contributed by atoms with van der Waals surface area (Å²) in [7, 11) is 0. The number of hydrogen-bond donors (Lipinski definition) is 1. The first-order chi connectivity index (χ1) is 10.6. The maximum atomic E-state index is 10.5. The molecule has 1 saturated carbocycles. The maximum Gasteiger partial charge on any atom is 0.303 e. The fraction of sp³-hybridized carbons (Fsp3) is 0.950. The molecule has 2 heteroatoms. The second-order valence-electron chi connectivity index (χ2n) is 7.84.